The van der Waals surface area contributed by atoms with Crippen LogP contribution in [-0.2, 0) is 19.7 Å². The molecule has 0 aromatic heterocycles. The molecule has 0 N–H and O–H groups in total. The Morgan fingerprint density at radius 2 is 1.48 bits per heavy atom. The molecule has 1 aromatic carbocycles. The van der Waals surface area contributed by atoms with Crippen LogP contribution in [0.1, 0.15) is 167 Å². The van der Waals surface area contributed by atoms with Crippen molar-refractivity contribution >= 4 is 43.0 Å². The van der Waals surface area contributed by atoms with Crippen LogP contribution in [0.4, 0.5) is 5.69 Å². The van der Waals surface area contributed by atoms with Crippen LogP contribution < -0.4 is 10.4 Å². The van der Waals surface area contributed by atoms with E-state index >= 15 is 0 Å². The van der Waals surface area contributed by atoms with Crippen LogP contribution in [0.3, 0.4) is 0 Å². The molecule has 3 unspecified atom stereocenters. The molecule has 1 aliphatic carbocycles. The molecule has 1 aliphatic heterocycles. The normalized spacial score (nSPS) is 20.7. The van der Waals surface area contributed by atoms with Gasteiger partial charge >= 0.3 is 7.48 Å². The molecule has 2 aliphatic rings. The molecule has 0 spiro atoms. The summed E-state index contributed by atoms with van der Waals surface area (Å²) in [5.41, 5.74) is 2.58. The predicted molar refractivity (Wildman–Crippen MR) is 205 cm³/mol. The Labute approximate surface area is 291 Å². The van der Waals surface area contributed by atoms with Gasteiger partial charge in [-0.15, -0.1) is 0 Å². The Morgan fingerprint density at radius 3 is 1.85 bits per heavy atom. The topological polar surface area (TPSA) is 46.6 Å². The van der Waals surface area contributed by atoms with Gasteiger partial charge in [0.25, 0.3) is 0 Å². The number of carbonyl (C=O) groups excluding carboxylic acids is 2. The number of hydrogen-bond acceptors (Lipinski definition) is 4. The van der Waals surface area contributed by atoms with E-state index in [1.54, 1.807) is 6.92 Å². The molecule has 3 atom stereocenters. The largest absolute Gasteiger partial charge is 0.428 e. The van der Waals surface area contributed by atoms with Crippen LogP contribution in [0.25, 0.3) is 0 Å². The summed E-state index contributed by atoms with van der Waals surface area (Å²) in [4.78, 5) is 26.5. The lowest BCUT2D eigenvalue weighted by Gasteiger charge is -2.42. The van der Waals surface area contributed by atoms with Crippen LogP contribution in [0, 0.1) is 23.7 Å². The highest BCUT2D eigenvalue weighted by atomic mass is 32.1. The van der Waals surface area contributed by atoms with Crippen molar-refractivity contribution in [3.05, 3.63) is 23.8 Å². The fraction of sp³-hybridized carbons (Fsp3) is 0.800. The molecule has 6 heteroatoms. The van der Waals surface area contributed by atoms with Crippen molar-refractivity contribution in [2.75, 3.05) is 4.90 Å². The maximum absolute atomic E-state index is 13.9. The van der Waals surface area contributed by atoms with Gasteiger partial charge in [0.2, 0.25) is 5.91 Å². The third-order valence-corrected chi connectivity index (χ3v) is 12.0. The van der Waals surface area contributed by atoms with Crippen molar-refractivity contribution in [3.63, 3.8) is 0 Å². The summed E-state index contributed by atoms with van der Waals surface area (Å²) < 4.78 is 5.90. The van der Waals surface area contributed by atoms with E-state index in [0.29, 0.717) is 17.7 Å². The molecule has 0 bridgehead atoms. The molecular weight excluding hydrogens is 585 g/mol. The molecule has 4 nitrogen and oxygen atoms in total. The van der Waals surface area contributed by atoms with Crippen molar-refractivity contribution in [1.82, 2.24) is 0 Å². The summed E-state index contributed by atoms with van der Waals surface area (Å²) in [5.74, 6) is 3.48. The average Bonchev–Trinajstić information content (AvgIpc) is 3.21. The van der Waals surface area contributed by atoms with Crippen LogP contribution in [0.2, 0.25) is 0 Å². The van der Waals surface area contributed by atoms with E-state index in [1.165, 1.54) is 24.8 Å². The van der Waals surface area contributed by atoms with Gasteiger partial charge in [0, 0.05) is 22.4 Å². The number of hydrogen-bond donors (Lipinski definition) is 1. The highest BCUT2D eigenvalue weighted by molar-refractivity contribution is 7.81. The Hall–Kier alpha value is -1.27. The van der Waals surface area contributed by atoms with Crippen molar-refractivity contribution in [3.8, 4) is 0 Å². The molecular formula is C40H71BNO3S. The maximum Gasteiger partial charge on any atom is 0.330 e. The Balaban J connectivity index is 0.000000584. The molecule has 263 valence electrons. The van der Waals surface area contributed by atoms with Crippen LogP contribution in [0.15, 0.2) is 18.2 Å². The summed E-state index contributed by atoms with van der Waals surface area (Å²) >= 11 is 4.71. The van der Waals surface area contributed by atoms with Gasteiger partial charge in [-0.3, -0.25) is 9.59 Å². The van der Waals surface area contributed by atoms with Gasteiger partial charge in [0.15, 0.2) is 0 Å². The number of thiol groups is 1. The lowest BCUT2D eigenvalue weighted by Crippen LogP contribution is -2.50. The van der Waals surface area contributed by atoms with Gasteiger partial charge in [0.1, 0.15) is 5.78 Å². The minimum atomic E-state index is -0.416. The highest BCUT2D eigenvalue weighted by Crippen LogP contribution is 2.51. The first-order valence-corrected chi connectivity index (χ1v) is 19.1. The number of fused-ring (bicyclic) bond motifs is 1. The Kier molecular flexibility index (Phi) is 17.7. The highest BCUT2D eigenvalue weighted by Gasteiger charge is 2.53. The first-order chi connectivity index (χ1) is 21.4. The maximum atomic E-state index is 13.9. The smallest absolute Gasteiger partial charge is 0.330 e. The second kappa shape index (κ2) is 19.1. The molecule has 1 radical (unpaired) electrons. The molecule has 0 saturated heterocycles. The first kappa shape index (κ1) is 42.8. The fourth-order valence-electron chi connectivity index (χ4n) is 6.20. The number of rotatable bonds is 15. The molecule has 1 saturated carbocycles. The van der Waals surface area contributed by atoms with Crippen molar-refractivity contribution in [2.45, 2.75) is 183 Å². The average molecular weight is 657 g/mol. The molecule has 3 rings (SSSR count). The van der Waals surface area contributed by atoms with Crippen LogP contribution in [-0.4, -0.2) is 35.6 Å². The molecule has 1 fully saturated rings. The van der Waals surface area contributed by atoms with E-state index in [1.807, 2.05) is 21.3 Å². The summed E-state index contributed by atoms with van der Waals surface area (Å²) in [7, 11) is 1.84. The third kappa shape index (κ3) is 10.9. The molecule has 1 amide bonds. The number of amides is 1. The fourth-order valence-corrected chi connectivity index (χ4v) is 6.25. The number of ketones is 1. The molecule has 1 aromatic rings. The van der Waals surface area contributed by atoms with E-state index in [9.17, 15) is 9.59 Å². The third-order valence-electron chi connectivity index (χ3n) is 11.5. The first-order valence-electron chi connectivity index (χ1n) is 18.6. The van der Waals surface area contributed by atoms with E-state index in [4.69, 9.17) is 17.3 Å². The number of nitrogens with zero attached hydrogens (tertiary/aromatic N) is 1. The quantitative estimate of drug-likeness (QED) is 0.151. The van der Waals surface area contributed by atoms with Gasteiger partial charge in [-0.2, -0.15) is 12.6 Å². The van der Waals surface area contributed by atoms with Gasteiger partial charge < -0.3 is 9.55 Å². The standard InChI is InChI=1S/C26H41BNO2S.C8H18.C6H12O/c1-8-13-26(14-9-2)21-12-11-19(27-30-24(4,5)25(6,7)31)17-22(21)28(23(26)29)20-15-18(10-3)16-20;1-5-7(3)8(4)6-2;1-4-5(2)6(3)7/h11-12,17-18,20,31H,8-10,13-16H2,1-7H3;7-8H,5-6H2,1-4H3;5H,4H2,1-3H3. The zero-order chi connectivity index (χ0) is 35.5. The lowest BCUT2D eigenvalue weighted by atomic mass is 9.73. The van der Waals surface area contributed by atoms with E-state index in [2.05, 4.69) is 99.3 Å². The zero-order valence-corrected chi connectivity index (χ0v) is 33.3. The van der Waals surface area contributed by atoms with Gasteiger partial charge in [0.05, 0.1) is 11.0 Å². The van der Waals surface area contributed by atoms with Crippen molar-refractivity contribution < 1.29 is 14.2 Å². The van der Waals surface area contributed by atoms with Crippen LogP contribution >= 0.6 is 12.6 Å². The van der Waals surface area contributed by atoms with Gasteiger partial charge in [-0.25, -0.2) is 0 Å². The van der Waals surface area contributed by atoms with Gasteiger partial charge in [-0.1, -0.05) is 112 Å². The minimum Gasteiger partial charge on any atom is -0.428 e. The van der Waals surface area contributed by atoms with Crippen LogP contribution in [0.5, 0.6) is 0 Å². The molecule has 46 heavy (non-hydrogen) atoms. The number of benzene rings is 1. The van der Waals surface area contributed by atoms with E-state index in [0.717, 1.165) is 73.8 Å². The minimum absolute atomic E-state index is 0.264. The monoisotopic (exact) mass is 657 g/mol. The zero-order valence-electron chi connectivity index (χ0n) is 32.4. The molecule has 1 heterocycles. The number of carbonyl (C=O) groups is 2. The second-order valence-corrected chi connectivity index (χ2v) is 16.5. The SMILES string of the molecule is CCC(C)C(C)=O.CCC(C)C(C)CC.CCCC1(CCC)C(=O)N(C2CC(CC)C2)c2cc([B]OC(C)(C)C(C)(C)S)ccc21. The van der Waals surface area contributed by atoms with E-state index in [-0.39, 0.29) is 16.1 Å². The summed E-state index contributed by atoms with van der Waals surface area (Å²) in [5, 5.41) is 0. The van der Waals surface area contributed by atoms with Crippen molar-refractivity contribution in [1.29, 1.82) is 0 Å². The van der Waals surface area contributed by atoms with Crippen molar-refractivity contribution in [2.24, 2.45) is 23.7 Å². The van der Waals surface area contributed by atoms with Gasteiger partial charge in [-0.05, 0) is 96.1 Å². The lowest BCUT2D eigenvalue weighted by molar-refractivity contribution is -0.125. The summed E-state index contributed by atoms with van der Waals surface area (Å²) in [6.07, 6.45) is 11.0. The summed E-state index contributed by atoms with van der Waals surface area (Å²) in [6.45, 7) is 29.7. The number of anilines is 1. The second-order valence-electron chi connectivity index (χ2n) is 15.4. The predicted octanol–water partition coefficient (Wildman–Crippen LogP) is 10.5. The van der Waals surface area contributed by atoms with E-state index < -0.39 is 5.60 Å². The number of Topliss-reactive ketones (excluding diaryl/α,β-unsaturated/α-hetero) is 1. The Bertz CT molecular complexity index is 1060. The Morgan fingerprint density at radius 1 is 0.957 bits per heavy atom. The summed E-state index contributed by atoms with van der Waals surface area (Å²) in [6, 6.07) is 6.84.